The Balaban J connectivity index is 3.14. The summed E-state index contributed by atoms with van der Waals surface area (Å²) in [5, 5.41) is 8.89. The van der Waals surface area contributed by atoms with Gasteiger partial charge in [-0.2, -0.15) is 4.72 Å². The molecule has 4 N–H and O–H groups in total. The van der Waals surface area contributed by atoms with E-state index in [0.29, 0.717) is 0 Å². The smallest absolute Gasteiger partial charge is 0.352 e. The van der Waals surface area contributed by atoms with E-state index in [1.165, 1.54) is 11.6 Å². The average molecular weight is 303 g/mol. The van der Waals surface area contributed by atoms with Crippen molar-refractivity contribution in [3.63, 3.8) is 0 Å². The first-order chi connectivity index (χ1) is 9.06. The number of nitrogens with two attached hydrogens (primary N) is 1. The molecular weight excluding hydrogens is 286 g/mol. The summed E-state index contributed by atoms with van der Waals surface area (Å²) >= 11 is 0. The first kappa shape index (κ1) is 16.2. The van der Waals surface area contributed by atoms with Gasteiger partial charge in [-0.25, -0.2) is 13.2 Å². The Morgan fingerprint density at radius 1 is 1.40 bits per heavy atom. The van der Waals surface area contributed by atoms with Crippen LogP contribution >= 0.6 is 0 Å². The van der Waals surface area contributed by atoms with Gasteiger partial charge in [-0.15, -0.1) is 0 Å². The van der Waals surface area contributed by atoms with Crippen LogP contribution in [0.4, 0.5) is 0 Å². The van der Waals surface area contributed by atoms with Gasteiger partial charge < -0.3 is 15.4 Å². The van der Waals surface area contributed by atoms with E-state index in [1.54, 1.807) is 13.8 Å². The molecule has 1 atom stereocenters. The molecule has 112 valence electrons. The number of carboxylic acid groups (broad SMARTS) is 1. The molecule has 1 heterocycles. The molecule has 0 fully saturated rings. The van der Waals surface area contributed by atoms with Crippen LogP contribution in [0.2, 0.25) is 0 Å². The minimum atomic E-state index is -4.02. The maximum Gasteiger partial charge on any atom is 0.352 e. The Morgan fingerprint density at radius 3 is 2.30 bits per heavy atom. The largest absolute Gasteiger partial charge is 0.477 e. The Hall–Kier alpha value is -1.87. The summed E-state index contributed by atoms with van der Waals surface area (Å²) in [5.74, 6) is -2.37. The van der Waals surface area contributed by atoms with Crippen LogP contribution in [0.1, 0.15) is 24.3 Å². The number of carbonyl (C=O) groups is 2. The van der Waals surface area contributed by atoms with Crippen LogP contribution in [-0.4, -0.2) is 36.0 Å². The molecule has 0 aliphatic carbocycles. The molecule has 0 aliphatic heterocycles. The number of aromatic nitrogens is 1. The Morgan fingerprint density at radius 2 is 1.95 bits per heavy atom. The third-order valence-electron chi connectivity index (χ3n) is 2.76. The zero-order valence-corrected chi connectivity index (χ0v) is 12.1. The Kier molecular flexibility index (Phi) is 4.56. The summed E-state index contributed by atoms with van der Waals surface area (Å²) in [5.41, 5.74) is 4.97. The molecule has 9 heteroatoms. The zero-order chi connectivity index (χ0) is 15.7. The second kappa shape index (κ2) is 5.63. The predicted octanol–water partition coefficient (Wildman–Crippen LogP) is -0.488. The monoisotopic (exact) mass is 303 g/mol. The van der Waals surface area contributed by atoms with Crippen molar-refractivity contribution in [3.05, 3.63) is 18.0 Å². The minimum absolute atomic E-state index is 0.175. The van der Waals surface area contributed by atoms with E-state index in [9.17, 15) is 18.0 Å². The van der Waals surface area contributed by atoms with E-state index in [1.807, 2.05) is 0 Å². The van der Waals surface area contributed by atoms with Crippen LogP contribution in [0.25, 0.3) is 0 Å². The molecule has 0 saturated heterocycles. The third-order valence-corrected chi connectivity index (χ3v) is 4.17. The molecule has 20 heavy (non-hydrogen) atoms. The Bertz CT molecular complexity index is 632. The number of nitrogens with one attached hydrogen (secondary N) is 1. The lowest BCUT2D eigenvalue weighted by molar-refractivity contribution is -0.120. The molecule has 1 aromatic heterocycles. The molecular formula is C11H17N3O5S. The fourth-order valence-electron chi connectivity index (χ4n) is 1.65. The van der Waals surface area contributed by atoms with Crippen LogP contribution in [0.15, 0.2) is 17.2 Å². The molecule has 1 rings (SSSR count). The fraction of sp³-hybridized carbons (Fsp3) is 0.455. The minimum Gasteiger partial charge on any atom is -0.477 e. The third kappa shape index (κ3) is 3.36. The number of hydrogen-bond donors (Lipinski definition) is 3. The number of amides is 1. The van der Waals surface area contributed by atoms with Crippen molar-refractivity contribution in [1.29, 1.82) is 0 Å². The zero-order valence-electron chi connectivity index (χ0n) is 11.3. The number of carbonyl (C=O) groups excluding carboxylic acids is 1. The van der Waals surface area contributed by atoms with Crippen LogP contribution in [0.3, 0.4) is 0 Å². The first-order valence-electron chi connectivity index (χ1n) is 5.77. The fourth-order valence-corrected chi connectivity index (χ4v) is 3.07. The highest BCUT2D eigenvalue weighted by Gasteiger charge is 2.28. The van der Waals surface area contributed by atoms with Gasteiger partial charge in [0.1, 0.15) is 16.6 Å². The van der Waals surface area contributed by atoms with Gasteiger partial charge in [0, 0.05) is 13.2 Å². The molecule has 1 aromatic rings. The number of primary amides is 1. The lowest BCUT2D eigenvalue weighted by Crippen LogP contribution is -2.47. The second-order valence-electron chi connectivity index (χ2n) is 4.72. The highest BCUT2D eigenvalue weighted by atomic mass is 32.2. The van der Waals surface area contributed by atoms with Crippen molar-refractivity contribution in [2.24, 2.45) is 18.7 Å². The summed E-state index contributed by atoms with van der Waals surface area (Å²) in [4.78, 5) is 21.9. The van der Waals surface area contributed by atoms with Gasteiger partial charge in [0.2, 0.25) is 15.9 Å². The maximum absolute atomic E-state index is 12.1. The van der Waals surface area contributed by atoms with E-state index in [2.05, 4.69) is 4.72 Å². The van der Waals surface area contributed by atoms with Crippen LogP contribution < -0.4 is 10.5 Å². The van der Waals surface area contributed by atoms with E-state index < -0.39 is 27.9 Å². The number of rotatable bonds is 6. The van der Waals surface area contributed by atoms with Gasteiger partial charge in [0.15, 0.2) is 0 Å². The second-order valence-corrected chi connectivity index (χ2v) is 6.44. The van der Waals surface area contributed by atoms with Crippen molar-refractivity contribution in [3.8, 4) is 0 Å². The van der Waals surface area contributed by atoms with Gasteiger partial charge in [0.05, 0.1) is 0 Å². The summed E-state index contributed by atoms with van der Waals surface area (Å²) in [7, 11) is -2.61. The maximum atomic E-state index is 12.1. The van der Waals surface area contributed by atoms with Crippen molar-refractivity contribution in [1.82, 2.24) is 9.29 Å². The molecule has 0 spiro atoms. The van der Waals surface area contributed by atoms with Crippen molar-refractivity contribution in [2.75, 3.05) is 0 Å². The summed E-state index contributed by atoms with van der Waals surface area (Å²) in [6, 6.07) is -0.0447. The SMILES string of the molecule is CC(C)C(NS(=O)(=O)c1cc(C(=O)O)n(C)c1)C(N)=O. The molecule has 0 aliphatic rings. The molecule has 0 bridgehead atoms. The van der Waals surface area contributed by atoms with Crippen molar-refractivity contribution >= 4 is 21.9 Å². The molecule has 0 saturated carbocycles. The predicted molar refractivity (Wildman–Crippen MR) is 70.5 cm³/mol. The quantitative estimate of drug-likeness (QED) is 0.652. The molecule has 0 radical (unpaired) electrons. The number of carboxylic acids is 1. The number of sulfonamides is 1. The highest BCUT2D eigenvalue weighted by molar-refractivity contribution is 7.89. The van der Waals surface area contributed by atoms with E-state index in [-0.39, 0.29) is 16.5 Å². The van der Waals surface area contributed by atoms with Crippen molar-refractivity contribution in [2.45, 2.75) is 24.8 Å². The number of aryl methyl sites for hydroxylation is 1. The lowest BCUT2D eigenvalue weighted by Gasteiger charge is -2.18. The average Bonchev–Trinajstić information content (AvgIpc) is 2.68. The van der Waals surface area contributed by atoms with Gasteiger partial charge in [-0.05, 0) is 12.0 Å². The van der Waals surface area contributed by atoms with E-state index in [0.717, 1.165) is 12.3 Å². The van der Waals surface area contributed by atoms with E-state index >= 15 is 0 Å². The number of nitrogens with zero attached hydrogens (tertiary/aromatic N) is 1. The van der Waals surface area contributed by atoms with E-state index in [4.69, 9.17) is 10.8 Å². The topological polar surface area (TPSA) is 131 Å². The number of aromatic carboxylic acids is 1. The highest BCUT2D eigenvalue weighted by Crippen LogP contribution is 2.15. The Labute approximate surface area is 116 Å². The molecule has 0 aromatic carbocycles. The summed E-state index contributed by atoms with van der Waals surface area (Å²) in [6.45, 7) is 3.29. The lowest BCUT2D eigenvalue weighted by atomic mass is 10.1. The number of hydrogen-bond acceptors (Lipinski definition) is 4. The normalized spacial score (nSPS) is 13.4. The molecule has 1 amide bonds. The standard InChI is InChI=1S/C11H17N3O5S/c1-6(2)9(10(12)15)13-20(18,19)7-4-8(11(16)17)14(3)5-7/h4-6,9,13H,1-3H3,(H2,12,15)(H,16,17). The van der Waals surface area contributed by atoms with Crippen LogP contribution in [-0.2, 0) is 21.9 Å². The summed E-state index contributed by atoms with van der Waals surface area (Å²) < 4.78 is 27.6. The van der Waals surface area contributed by atoms with Crippen LogP contribution in [0.5, 0.6) is 0 Å². The summed E-state index contributed by atoms with van der Waals surface area (Å²) in [6.07, 6.45) is 1.16. The first-order valence-corrected chi connectivity index (χ1v) is 7.26. The molecule has 8 nitrogen and oxygen atoms in total. The van der Waals surface area contributed by atoms with Gasteiger partial charge in [0.25, 0.3) is 0 Å². The van der Waals surface area contributed by atoms with Crippen molar-refractivity contribution < 1.29 is 23.1 Å². The van der Waals surface area contributed by atoms with Gasteiger partial charge in [-0.3, -0.25) is 4.79 Å². The van der Waals surface area contributed by atoms with Crippen LogP contribution in [0, 0.1) is 5.92 Å². The molecule has 1 unspecified atom stereocenters. The van der Waals surface area contributed by atoms with Gasteiger partial charge in [-0.1, -0.05) is 13.8 Å². The van der Waals surface area contributed by atoms with Gasteiger partial charge >= 0.3 is 5.97 Å².